The van der Waals surface area contributed by atoms with E-state index in [9.17, 15) is 0 Å². The summed E-state index contributed by atoms with van der Waals surface area (Å²) in [6.45, 7) is 4.92. The van der Waals surface area contributed by atoms with Crippen LogP contribution in [0.3, 0.4) is 0 Å². The highest BCUT2D eigenvalue weighted by atomic mass is 16.5. The van der Waals surface area contributed by atoms with Gasteiger partial charge in [-0.3, -0.25) is 9.89 Å². The van der Waals surface area contributed by atoms with Gasteiger partial charge >= 0.3 is 0 Å². The van der Waals surface area contributed by atoms with Crippen LogP contribution < -0.4 is 20.5 Å². The molecule has 6 nitrogen and oxygen atoms in total. The molecule has 1 atom stereocenters. The molecule has 0 radical (unpaired) electrons. The van der Waals surface area contributed by atoms with E-state index in [1.807, 2.05) is 18.2 Å². The molecule has 6 heteroatoms. The van der Waals surface area contributed by atoms with E-state index in [2.05, 4.69) is 46.4 Å². The Bertz CT molecular complexity index is 822. The molecular formula is C22H30N4O2. The van der Waals surface area contributed by atoms with Crippen molar-refractivity contribution in [3.8, 4) is 11.5 Å². The van der Waals surface area contributed by atoms with Crippen LogP contribution in [0.15, 0.2) is 47.5 Å². The summed E-state index contributed by atoms with van der Waals surface area (Å²) in [5.41, 5.74) is 9.83. The van der Waals surface area contributed by atoms with Crippen LogP contribution in [0.25, 0.3) is 0 Å². The second-order valence-electron chi connectivity index (χ2n) is 6.97. The number of hydrogen-bond acceptors (Lipinski definition) is 4. The van der Waals surface area contributed by atoms with Crippen LogP contribution in [0.1, 0.15) is 24.5 Å². The van der Waals surface area contributed by atoms with Gasteiger partial charge in [0, 0.05) is 30.9 Å². The van der Waals surface area contributed by atoms with E-state index < -0.39 is 0 Å². The van der Waals surface area contributed by atoms with Crippen molar-refractivity contribution in [3.05, 3.63) is 53.6 Å². The Balaban J connectivity index is 1.61. The first-order chi connectivity index (χ1) is 13.6. The Morgan fingerprint density at radius 1 is 1.14 bits per heavy atom. The second kappa shape index (κ2) is 9.46. The zero-order valence-corrected chi connectivity index (χ0v) is 16.9. The first-order valence-corrected chi connectivity index (χ1v) is 9.74. The Hall–Kier alpha value is -2.73. The van der Waals surface area contributed by atoms with Gasteiger partial charge in [0.1, 0.15) is 0 Å². The summed E-state index contributed by atoms with van der Waals surface area (Å²) in [7, 11) is 3.23. The number of nitrogens with one attached hydrogen (secondary N) is 1. The standard InChI is InChI=1S/C22H30N4O2/c1-4-19(26-12-11-16-7-5-6-8-17(16)15-26)14-24-22(23)25-18-9-10-20(27-2)21(13-18)28-3/h5-10,13,19H,4,11-12,14-15H2,1-3H3,(H3,23,24,25). The maximum absolute atomic E-state index is 6.13. The highest BCUT2D eigenvalue weighted by Gasteiger charge is 2.22. The van der Waals surface area contributed by atoms with E-state index in [0.29, 0.717) is 30.0 Å². The molecule has 3 N–H and O–H groups in total. The summed E-state index contributed by atoms with van der Waals surface area (Å²) >= 11 is 0. The average molecular weight is 383 g/mol. The molecule has 1 unspecified atom stereocenters. The summed E-state index contributed by atoms with van der Waals surface area (Å²) in [4.78, 5) is 7.10. The number of ether oxygens (including phenoxy) is 2. The van der Waals surface area contributed by atoms with Crippen LogP contribution in [0.5, 0.6) is 11.5 Å². The average Bonchev–Trinajstić information content (AvgIpc) is 2.74. The van der Waals surface area contributed by atoms with E-state index in [1.54, 1.807) is 14.2 Å². The van der Waals surface area contributed by atoms with Gasteiger partial charge in [0.2, 0.25) is 0 Å². The van der Waals surface area contributed by atoms with Crippen molar-refractivity contribution in [2.24, 2.45) is 10.7 Å². The molecule has 150 valence electrons. The lowest BCUT2D eigenvalue weighted by molar-refractivity contribution is 0.178. The van der Waals surface area contributed by atoms with Gasteiger partial charge < -0.3 is 20.5 Å². The molecule has 1 aliphatic heterocycles. The topological polar surface area (TPSA) is 72.1 Å². The van der Waals surface area contributed by atoms with Gasteiger partial charge in [-0.05, 0) is 36.1 Å². The molecule has 1 aliphatic rings. The molecule has 0 amide bonds. The fourth-order valence-electron chi connectivity index (χ4n) is 3.64. The lowest BCUT2D eigenvalue weighted by atomic mass is 9.98. The molecule has 0 saturated heterocycles. The fraction of sp³-hybridized carbons (Fsp3) is 0.409. The number of benzene rings is 2. The predicted octanol–water partition coefficient (Wildman–Crippen LogP) is 3.27. The first-order valence-electron chi connectivity index (χ1n) is 9.74. The number of nitrogens with zero attached hydrogens (tertiary/aromatic N) is 2. The van der Waals surface area contributed by atoms with E-state index in [1.165, 1.54) is 11.1 Å². The second-order valence-corrected chi connectivity index (χ2v) is 6.97. The van der Waals surface area contributed by atoms with E-state index in [0.717, 1.165) is 31.6 Å². The maximum Gasteiger partial charge on any atom is 0.193 e. The van der Waals surface area contributed by atoms with Gasteiger partial charge in [0.15, 0.2) is 17.5 Å². The molecule has 2 aromatic rings. The SMILES string of the molecule is CCC(CN=C(N)Nc1ccc(OC)c(OC)c1)N1CCc2ccccc2C1. The van der Waals surface area contributed by atoms with Crippen molar-refractivity contribution in [1.82, 2.24) is 4.90 Å². The van der Waals surface area contributed by atoms with Crippen LogP contribution in [0, 0.1) is 0 Å². The lowest BCUT2D eigenvalue weighted by Gasteiger charge is -2.34. The number of anilines is 1. The highest BCUT2D eigenvalue weighted by molar-refractivity contribution is 5.92. The van der Waals surface area contributed by atoms with Crippen LogP contribution in [0.2, 0.25) is 0 Å². The van der Waals surface area contributed by atoms with Crippen molar-refractivity contribution < 1.29 is 9.47 Å². The third-order valence-corrected chi connectivity index (χ3v) is 5.28. The molecule has 0 aromatic heterocycles. The number of hydrogen-bond donors (Lipinski definition) is 2. The molecule has 0 aliphatic carbocycles. The molecular weight excluding hydrogens is 352 g/mol. The molecule has 2 aromatic carbocycles. The van der Waals surface area contributed by atoms with Gasteiger partial charge in [0.25, 0.3) is 0 Å². The van der Waals surface area contributed by atoms with Gasteiger partial charge in [-0.2, -0.15) is 0 Å². The lowest BCUT2D eigenvalue weighted by Crippen LogP contribution is -2.41. The highest BCUT2D eigenvalue weighted by Crippen LogP contribution is 2.29. The van der Waals surface area contributed by atoms with E-state index >= 15 is 0 Å². The summed E-state index contributed by atoms with van der Waals surface area (Å²) in [6, 6.07) is 14.7. The minimum Gasteiger partial charge on any atom is -0.493 e. The molecule has 0 saturated carbocycles. The third kappa shape index (κ3) is 4.75. The van der Waals surface area contributed by atoms with Gasteiger partial charge in [-0.1, -0.05) is 31.2 Å². The van der Waals surface area contributed by atoms with Crippen LogP contribution >= 0.6 is 0 Å². The number of nitrogens with two attached hydrogens (primary N) is 1. The number of rotatable bonds is 7. The van der Waals surface area contributed by atoms with Crippen molar-refractivity contribution in [2.75, 3.05) is 32.6 Å². The first kappa shape index (κ1) is 20.0. The number of fused-ring (bicyclic) bond motifs is 1. The molecule has 28 heavy (non-hydrogen) atoms. The zero-order chi connectivity index (χ0) is 19.9. The van der Waals surface area contributed by atoms with Crippen molar-refractivity contribution in [1.29, 1.82) is 0 Å². The molecule has 0 fully saturated rings. The third-order valence-electron chi connectivity index (χ3n) is 5.28. The largest absolute Gasteiger partial charge is 0.493 e. The van der Waals surface area contributed by atoms with Gasteiger partial charge in [-0.25, -0.2) is 0 Å². The van der Waals surface area contributed by atoms with E-state index in [4.69, 9.17) is 15.2 Å². The normalized spacial score (nSPS) is 15.6. The summed E-state index contributed by atoms with van der Waals surface area (Å²) in [6.07, 6.45) is 2.13. The van der Waals surface area contributed by atoms with Crippen LogP contribution in [0.4, 0.5) is 5.69 Å². The number of methoxy groups -OCH3 is 2. The van der Waals surface area contributed by atoms with Crippen LogP contribution in [-0.4, -0.2) is 44.2 Å². The summed E-state index contributed by atoms with van der Waals surface area (Å²) < 4.78 is 10.6. The molecule has 3 rings (SSSR count). The monoisotopic (exact) mass is 382 g/mol. The minimum absolute atomic E-state index is 0.374. The number of guanidine groups is 1. The maximum atomic E-state index is 6.13. The van der Waals surface area contributed by atoms with Crippen LogP contribution in [-0.2, 0) is 13.0 Å². The van der Waals surface area contributed by atoms with E-state index in [-0.39, 0.29) is 0 Å². The molecule has 1 heterocycles. The molecule has 0 spiro atoms. The Kier molecular flexibility index (Phi) is 6.76. The number of aliphatic imine (C=N–C) groups is 1. The summed E-state index contributed by atoms with van der Waals surface area (Å²) in [5, 5.41) is 3.14. The minimum atomic E-state index is 0.374. The Morgan fingerprint density at radius 2 is 1.89 bits per heavy atom. The Labute approximate surface area is 167 Å². The van der Waals surface area contributed by atoms with Gasteiger partial charge in [0.05, 0.1) is 20.8 Å². The van der Waals surface area contributed by atoms with Crippen molar-refractivity contribution in [3.63, 3.8) is 0 Å². The summed E-state index contributed by atoms with van der Waals surface area (Å²) in [5.74, 6) is 1.74. The Morgan fingerprint density at radius 3 is 2.61 bits per heavy atom. The quantitative estimate of drug-likeness (QED) is 0.568. The smallest absolute Gasteiger partial charge is 0.193 e. The van der Waals surface area contributed by atoms with Crippen molar-refractivity contribution in [2.45, 2.75) is 32.4 Å². The zero-order valence-electron chi connectivity index (χ0n) is 16.9. The predicted molar refractivity (Wildman–Crippen MR) is 114 cm³/mol. The van der Waals surface area contributed by atoms with Crippen molar-refractivity contribution >= 4 is 11.6 Å². The molecule has 0 bridgehead atoms. The van der Waals surface area contributed by atoms with Gasteiger partial charge in [-0.15, -0.1) is 0 Å². The fourth-order valence-corrected chi connectivity index (χ4v) is 3.64.